The average molecular weight is 346 g/mol. The van der Waals surface area contributed by atoms with E-state index in [9.17, 15) is 13.2 Å². The van der Waals surface area contributed by atoms with Crippen LogP contribution in [0.15, 0.2) is 47.4 Å². The minimum atomic E-state index is -3.55. The van der Waals surface area contributed by atoms with Gasteiger partial charge in [0.05, 0.1) is 4.90 Å². The molecule has 0 aliphatic heterocycles. The summed E-state index contributed by atoms with van der Waals surface area (Å²) in [5, 5.41) is 2.76. The lowest BCUT2D eigenvalue weighted by atomic mass is 10.1. The van der Waals surface area contributed by atoms with E-state index >= 15 is 0 Å². The molecule has 0 saturated heterocycles. The number of nitrogens with one attached hydrogen (secondary N) is 2. The Morgan fingerprint density at radius 2 is 1.71 bits per heavy atom. The molecule has 0 fully saturated rings. The molecule has 0 bridgehead atoms. The van der Waals surface area contributed by atoms with Gasteiger partial charge in [0, 0.05) is 12.1 Å². The van der Waals surface area contributed by atoms with E-state index in [1.165, 1.54) is 18.7 Å². The number of amides is 1. The van der Waals surface area contributed by atoms with E-state index in [2.05, 4.69) is 10.0 Å². The minimum absolute atomic E-state index is 0.146. The Labute approximate surface area is 143 Å². The average Bonchev–Trinajstić information content (AvgIpc) is 2.56. The number of sulfonamides is 1. The van der Waals surface area contributed by atoms with Crippen LogP contribution in [0.2, 0.25) is 0 Å². The summed E-state index contributed by atoms with van der Waals surface area (Å²) in [5.41, 5.74) is 3.38. The van der Waals surface area contributed by atoms with Crippen LogP contribution >= 0.6 is 0 Å². The first-order valence-corrected chi connectivity index (χ1v) is 9.20. The predicted molar refractivity (Wildman–Crippen MR) is 95.6 cm³/mol. The van der Waals surface area contributed by atoms with E-state index in [0.717, 1.165) is 5.56 Å². The Bertz CT molecular complexity index is 828. The third-order valence-electron chi connectivity index (χ3n) is 3.79. The van der Waals surface area contributed by atoms with Crippen LogP contribution in [0.1, 0.15) is 23.1 Å². The van der Waals surface area contributed by atoms with Gasteiger partial charge in [-0.3, -0.25) is 4.79 Å². The molecule has 5 nitrogen and oxygen atoms in total. The van der Waals surface area contributed by atoms with Crippen molar-refractivity contribution in [2.75, 3.05) is 12.4 Å². The zero-order chi connectivity index (χ0) is 17.7. The van der Waals surface area contributed by atoms with Crippen molar-refractivity contribution in [1.82, 2.24) is 4.72 Å². The van der Waals surface area contributed by atoms with Crippen molar-refractivity contribution in [3.63, 3.8) is 0 Å². The van der Waals surface area contributed by atoms with Gasteiger partial charge in [-0.2, -0.15) is 0 Å². The maximum absolute atomic E-state index is 12.1. The summed E-state index contributed by atoms with van der Waals surface area (Å²) in [4.78, 5) is 12.3. The largest absolute Gasteiger partial charge is 0.326 e. The Kier molecular flexibility index (Phi) is 5.75. The molecule has 0 atom stereocenters. The number of aryl methyl sites for hydroxylation is 3. The maximum atomic E-state index is 12.1. The Morgan fingerprint density at radius 1 is 1.04 bits per heavy atom. The standard InChI is InChI=1S/C18H22N2O3S/c1-13-4-7-15(8-5-13)9-11-18(21)20-16-10-6-14(2)17(12-16)24(22,23)19-3/h4-8,10,12,19H,9,11H2,1-3H3,(H,20,21). The van der Waals surface area contributed by atoms with Crippen LogP contribution in [0.3, 0.4) is 0 Å². The monoisotopic (exact) mass is 346 g/mol. The van der Waals surface area contributed by atoms with Crippen molar-refractivity contribution in [3.05, 3.63) is 59.2 Å². The van der Waals surface area contributed by atoms with Gasteiger partial charge in [-0.05, 0) is 50.6 Å². The van der Waals surface area contributed by atoms with Crippen LogP contribution in [-0.4, -0.2) is 21.4 Å². The first-order chi connectivity index (χ1) is 11.3. The molecule has 128 valence electrons. The van der Waals surface area contributed by atoms with Crippen molar-refractivity contribution in [3.8, 4) is 0 Å². The fraction of sp³-hybridized carbons (Fsp3) is 0.278. The lowest BCUT2D eigenvalue weighted by Crippen LogP contribution is -2.20. The van der Waals surface area contributed by atoms with Gasteiger partial charge in [-0.15, -0.1) is 0 Å². The molecule has 2 aromatic rings. The quantitative estimate of drug-likeness (QED) is 0.844. The summed E-state index contributed by atoms with van der Waals surface area (Å²) < 4.78 is 26.2. The van der Waals surface area contributed by atoms with Crippen molar-refractivity contribution in [2.45, 2.75) is 31.6 Å². The van der Waals surface area contributed by atoms with E-state index in [1.54, 1.807) is 19.1 Å². The Hall–Kier alpha value is -2.18. The molecule has 0 radical (unpaired) electrons. The third kappa shape index (κ3) is 4.66. The van der Waals surface area contributed by atoms with E-state index in [-0.39, 0.29) is 10.8 Å². The SMILES string of the molecule is CNS(=O)(=O)c1cc(NC(=O)CCc2ccc(C)cc2)ccc1C. The smallest absolute Gasteiger partial charge is 0.240 e. The summed E-state index contributed by atoms with van der Waals surface area (Å²) in [6, 6.07) is 12.9. The summed E-state index contributed by atoms with van der Waals surface area (Å²) in [6.07, 6.45) is 0.977. The molecule has 6 heteroatoms. The normalized spacial score (nSPS) is 11.3. The molecule has 24 heavy (non-hydrogen) atoms. The van der Waals surface area contributed by atoms with Crippen LogP contribution in [0.25, 0.3) is 0 Å². The molecule has 0 heterocycles. The highest BCUT2D eigenvalue weighted by molar-refractivity contribution is 7.89. The molecular weight excluding hydrogens is 324 g/mol. The molecule has 0 aromatic heterocycles. The Morgan fingerprint density at radius 3 is 2.33 bits per heavy atom. The number of benzene rings is 2. The molecule has 0 saturated carbocycles. The van der Waals surface area contributed by atoms with Crippen molar-refractivity contribution in [2.24, 2.45) is 0 Å². The van der Waals surface area contributed by atoms with E-state index in [1.807, 2.05) is 31.2 Å². The highest BCUT2D eigenvalue weighted by Gasteiger charge is 2.15. The molecule has 1 amide bonds. The first-order valence-electron chi connectivity index (χ1n) is 7.71. The summed E-state index contributed by atoms with van der Waals surface area (Å²) in [6.45, 7) is 3.73. The lowest BCUT2D eigenvalue weighted by Gasteiger charge is -2.10. The second-order valence-corrected chi connectivity index (χ2v) is 7.58. The topological polar surface area (TPSA) is 75.3 Å². The highest BCUT2D eigenvalue weighted by atomic mass is 32.2. The van der Waals surface area contributed by atoms with Crippen LogP contribution in [0.4, 0.5) is 5.69 Å². The fourth-order valence-corrected chi connectivity index (χ4v) is 3.31. The van der Waals surface area contributed by atoms with Gasteiger partial charge in [0.25, 0.3) is 0 Å². The molecule has 2 rings (SSSR count). The zero-order valence-corrected chi connectivity index (χ0v) is 14.9. The highest BCUT2D eigenvalue weighted by Crippen LogP contribution is 2.20. The first kappa shape index (κ1) is 18.2. The van der Waals surface area contributed by atoms with E-state index in [4.69, 9.17) is 0 Å². The molecule has 2 aromatic carbocycles. The van der Waals surface area contributed by atoms with Crippen molar-refractivity contribution in [1.29, 1.82) is 0 Å². The maximum Gasteiger partial charge on any atom is 0.240 e. The Balaban J connectivity index is 2.04. The van der Waals surface area contributed by atoms with Gasteiger partial charge in [-0.25, -0.2) is 13.1 Å². The van der Waals surface area contributed by atoms with Gasteiger partial charge in [0.1, 0.15) is 0 Å². The van der Waals surface area contributed by atoms with E-state index in [0.29, 0.717) is 24.1 Å². The number of anilines is 1. The number of carbonyl (C=O) groups is 1. The molecular formula is C18H22N2O3S. The second kappa shape index (κ2) is 7.59. The van der Waals surface area contributed by atoms with Gasteiger partial charge in [0.2, 0.25) is 15.9 Å². The zero-order valence-electron chi connectivity index (χ0n) is 14.1. The van der Waals surface area contributed by atoms with Crippen LogP contribution < -0.4 is 10.0 Å². The second-order valence-electron chi connectivity index (χ2n) is 5.72. The van der Waals surface area contributed by atoms with Crippen molar-refractivity contribution >= 4 is 21.6 Å². The number of hydrogen-bond donors (Lipinski definition) is 2. The number of carbonyl (C=O) groups excluding carboxylic acids is 1. The minimum Gasteiger partial charge on any atom is -0.326 e. The molecule has 0 spiro atoms. The van der Waals surface area contributed by atoms with Gasteiger partial charge >= 0.3 is 0 Å². The fourth-order valence-electron chi connectivity index (χ4n) is 2.31. The summed E-state index contributed by atoms with van der Waals surface area (Å²) in [7, 11) is -2.19. The molecule has 2 N–H and O–H groups in total. The van der Waals surface area contributed by atoms with Gasteiger partial charge < -0.3 is 5.32 Å². The predicted octanol–water partition coefficient (Wildman–Crippen LogP) is 2.78. The molecule has 0 aliphatic carbocycles. The van der Waals surface area contributed by atoms with Crippen LogP contribution in [0.5, 0.6) is 0 Å². The lowest BCUT2D eigenvalue weighted by molar-refractivity contribution is -0.116. The summed E-state index contributed by atoms with van der Waals surface area (Å²) in [5.74, 6) is -0.146. The third-order valence-corrected chi connectivity index (χ3v) is 5.35. The van der Waals surface area contributed by atoms with Crippen LogP contribution in [-0.2, 0) is 21.2 Å². The summed E-state index contributed by atoms with van der Waals surface area (Å²) >= 11 is 0. The molecule has 0 aliphatic rings. The number of rotatable bonds is 6. The van der Waals surface area contributed by atoms with Gasteiger partial charge in [-0.1, -0.05) is 35.9 Å². The van der Waals surface area contributed by atoms with Crippen molar-refractivity contribution < 1.29 is 13.2 Å². The van der Waals surface area contributed by atoms with Gasteiger partial charge in [0.15, 0.2) is 0 Å². The van der Waals surface area contributed by atoms with E-state index < -0.39 is 10.0 Å². The van der Waals surface area contributed by atoms with Crippen LogP contribution in [0, 0.1) is 13.8 Å². The number of hydrogen-bond acceptors (Lipinski definition) is 3. The molecule has 0 unspecified atom stereocenters.